The van der Waals surface area contributed by atoms with Crippen molar-refractivity contribution in [3.8, 4) is 0 Å². The molecule has 5 nitrogen and oxygen atoms in total. The summed E-state index contributed by atoms with van der Waals surface area (Å²) in [5.41, 5.74) is 2.54. The number of hydrogen-bond donors (Lipinski definition) is 2. The van der Waals surface area contributed by atoms with Crippen molar-refractivity contribution in [1.29, 1.82) is 0 Å². The highest BCUT2D eigenvalue weighted by Crippen LogP contribution is 2.13. The molecule has 0 fully saturated rings. The van der Waals surface area contributed by atoms with Crippen LogP contribution in [0.3, 0.4) is 0 Å². The Labute approximate surface area is 132 Å². The monoisotopic (exact) mass is 308 g/mol. The molecule has 0 aliphatic carbocycles. The zero-order valence-corrected chi connectivity index (χ0v) is 12.7. The van der Waals surface area contributed by atoms with Crippen LogP contribution < -0.4 is 5.56 Å². The highest BCUT2D eigenvalue weighted by Gasteiger charge is 2.09. The van der Waals surface area contributed by atoms with Crippen LogP contribution in [0.4, 0.5) is 0 Å². The first-order valence-electron chi connectivity index (χ1n) is 7.41. The van der Waals surface area contributed by atoms with Crippen molar-refractivity contribution in [3.05, 3.63) is 75.3 Å². The van der Waals surface area contributed by atoms with Crippen LogP contribution in [0.25, 0.3) is 10.9 Å². The minimum atomic E-state index is -1.04. The van der Waals surface area contributed by atoms with Gasteiger partial charge in [-0.25, -0.2) is 9.78 Å². The molecule has 116 valence electrons. The minimum absolute atomic E-state index is 0.120. The number of nitrogens with zero attached hydrogens (tertiary/aromatic N) is 1. The van der Waals surface area contributed by atoms with Crippen LogP contribution in [0.15, 0.2) is 47.3 Å². The summed E-state index contributed by atoms with van der Waals surface area (Å²) in [5, 5.41) is 9.45. The summed E-state index contributed by atoms with van der Waals surface area (Å²) in [5.74, 6) is -0.510. The van der Waals surface area contributed by atoms with Gasteiger partial charge < -0.3 is 10.1 Å². The Bertz CT molecular complexity index is 944. The molecule has 0 atom stereocenters. The van der Waals surface area contributed by atoms with Crippen LogP contribution in [0, 0.1) is 0 Å². The van der Waals surface area contributed by atoms with E-state index in [0.717, 1.165) is 12.0 Å². The summed E-state index contributed by atoms with van der Waals surface area (Å²) in [7, 11) is 0. The van der Waals surface area contributed by atoms with Crippen LogP contribution in [0.2, 0.25) is 0 Å². The summed E-state index contributed by atoms with van der Waals surface area (Å²) in [6.07, 6.45) is 1.44. The van der Waals surface area contributed by atoms with E-state index < -0.39 is 5.97 Å². The smallest absolute Gasteiger partial charge is 0.335 e. The first-order valence-corrected chi connectivity index (χ1v) is 7.41. The Morgan fingerprint density at radius 2 is 1.96 bits per heavy atom. The van der Waals surface area contributed by atoms with Gasteiger partial charge in [0.2, 0.25) is 0 Å². The van der Waals surface area contributed by atoms with Gasteiger partial charge in [0.05, 0.1) is 16.5 Å². The molecule has 0 aliphatic rings. The second-order valence-corrected chi connectivity index (χ2v) is 5.40. The number of nitrogens with one attached hydrogen (secondary N) is 1. The van der Waals surface area contributed by atoms with Gasteiger partial charge in [0, 0.05) is 6.42 Å². The fourth-order valence-electron chi connectivity index (χ4n) is 2.56. The highest BCUT2D eigenvalue weighted by atomic mass is 16.4. The molecule has 1 heterocycles. The largest absolute Gasteiger partial charge is 0.478 e. The normalized spacial score (nSPS) is 10.8. The van der Waals surface area contributed by atoms with E-state index in [2.05, 4.69) is 29.0 Å². The van der Waals surface area contributed by atoms with Crippen LogP contribution in [0.5, 0.6) is 0 Å². The lowest BCUT2D eigenvalue weighted by atomic mass is 10.1. The van der Waals surface area contributed by atoms with Gasteiger partial charge in [0.1, 0.15) is 5.82 Å². The number of aromatic amines is 1. The third-order valence-electron chi connectivity index (χ3n) is 3.77. The summed E-state index contributed by atoms with van der Waals surface area (Å²) in [6, 6.07) is 12.4. The molecule has 0 radical (unpaired) electrons. The molecule has 0 saturated heterocycles. The van der Waals surface area contributed by atoms with Gasteiger partial charge in [-0.05, 0) is 35.7 Å². The number of aromatic nitrogens is 2. The van der Waals surface area contributed by atoms with E-state index in [1.54, 1.807) is 0 Å². The molecule has 2 aromatic carbocycles. The molecule has 1 aromatic heterocycles. The molecular weight excluding hydrogens is 292 g/mol. The first kappa shape index (κ1) is 15.0. The highest BCUT2D eigenvalue weighted by molar-refractivity contribution is 5.92. The molecule has 23 heavy (non-hydrogen) atoms. The van der Waals surface area contributed by atoms with Crippen molar-refractivity contribution >= 4 is 16.9 Å². The maximum Gasteiger partial charge on any atom is 0.335 e. The third kappa shape index (κ3) is 3.13. The number of benzene rings is 2. The van der Waals surface area contributed by atoms with Gasteiger partial charge in [0.25, 0.3) is 5.56 Å². The van der Waals surface area contributed by atoms with Crippen LogP contribution in [0.1, 0.15) is 34.2 Å². The fourth-order valence-corrected chi connectivity index (χ4v) is 2.56. The van der Waals surface area contributed by atoms with Gasteiger partial charge in [-0.3, -0.25) is 4.79 Å². The average Bonchev–Trinajstić information content (AvgIpc) is 2.54. The van der Waals surface area contributed by atoms with Crippen molar-refractivity contribution in [1.82, 2.24) is 9.97 Å². The van der Waals surface area contributed by atoms with Gasteiger partial charge in [-0.15, -0.1) is 0 Å². The van der Waals surface area contributed by atoms with E-state index in [1.807, 2.05) is 12.1 Å². The molecule has 0 bridgehead atoms. The number of hydrogen-bond acceptors (Lipinski definition) is 3. The lowest BCUT2D eigenvalue weighted by molar-refractivity contribution is 0.0697. The summed E-state index contributed by atoms with van der Waals surface area (Å²) < 4.78 is 0. The summed E-state index contributed by atoms with van der Waals surface area (Å²) in [6.45, 7) is 2.09. The molecule has 3 rings (SSSR count). The minimum Gasteiger partial charge on any atom is -0.478 e. The van der Waals surface area contributed by atoms with E-state index >= 15 is 0 Å². The van der Waals surface area contributed by atoms with Crippen LogP contribution in [-0.4, -0.2) is 21.0 Å². The van der Waals surface area contributed by atoms with Crippen LogP contribution in [-0.2, 0) is 12.8 Å². The van der Waals surface area contributed by atoms with Crippen LogP contribution >= 0.6 is 0 Å². The number of carbonyl (C=O) groups is 1. The average molecular weight is 308 g/mol. The lowest BCUT2D eigenvalue weighted by Crippen LogP contribution is -2.13. The number of fused-ring (bicyclic) bond motifs is 1. The second-order valence-electron chi connectivity index (χ2n) is 5.40. The Morgan fingerprint density at radius 3 is 2.70 bits per heavy atom. The van der Waals surface area contributed by atoms with Crippen molar-refractivity contribution in [2.45, 2.75) is 19.8 Å². The lowest BCUT2D eigenvalue weighted by Gasteiger charge is -2.05. The van der Waals surface area contributed by atoms with Crippen molar-refractivity contribution < 1.29 is 9.90 Å². The SMILES string of the molecule is CCc1cccc(Cc2nc3cc(C(=O)O)ccc3c(=O)[nH]2)c1. The van der Waals surface area contributed by atoms with Crippen molar-refractivity contribution in [2.75, 3.05) is 0 Å². The molecule has 2 N–H and O–H groups in total. The third-order valence-corrected chi connectivity index (χ3v) is 3.77. The number of carboxylic acid groups (broad SMARTS) is 1. The maximum absolute atomic E-state index is 12.2. The summed E-state index contributed by atoms with van der Waals surface area (Å²) in [4.78, 5) is 30.4. The van der Waals surface area contributed by atoms with Gasteiger partial charge in [-0.2, -0.15) is 0 Å². The standard InChI is InChI=1S/C18H16N2O3/c1-2-11-4-3-5-12(8-11)9-16-19-15-10-13(18(22)23)6-7-14(15)17(21)20-16/h3-8,10H,2,9H2,1H3,(H,22,23)(H,19,20,21). The number of carboxylic acids is 1. The predicted molar refractivity (Wildman–Crippen MR) is 87.9 cm³/mol. The van der Waals surface area contributed by atoms with Gasteiger partial charge in [-0.1, -0.05) is 31.2 Å². The molecule has 0 spiro atoms. The second kappa shape index (κ2) is 6.04. The quantitative estimate of drug-likeness (QED) is 0.776. The Hall–Kier alpha value is -2.95. The molecule has 3 aromatic rings. The van der Waals surface area contributed by atoms with E-state index in [0.29, 0.717) is 23.1 Å². The van der Waals surface area contributed by atoms with Gasteiger partial charge >= 0.3 is 5.97 Å². The topological polar surface area (TPSA) is 83.0 Å². The zero-order valence-electron chi connectivity index (χ0n) is 12.7. The molecule has 0 saturated carbocycles. The maximum atomic E-state index is 12.2. The number of rotatable bonds is 4. The van der Waals surface area contributed by atoms with Crippen molar-refractivity contribution in [2.24, 2.45) is 0 Å². The predicted octanol–water partition coefficient (Wildman–Crippen LogP) is 2.77. The van der Waals surface area contributed by atoms with E-state index in [-0.39, 0.29) is 11.1 Å². The number of H-pyrrole nitrogens is 1. The molecular formula is C18H16N2O3. The van der Waals surface area contributed by atoms with Gasteiger partial charge in [0.15, 0.2) is 0 Å². The van der Waals surface area contributed by atoms with E-state index in [9.17, 15) is 9.59 Å². The van der Waals surface area contributed by atoms with E-state index in [1.165, 1.54) is 23.8 Å². The Kier molecular flexibility index (Phi) is 3.93. The van der Waals surface area contributed by atoms with Crippen molar-refractivity contribution in [3.63, 3.8) is 0 Å². The first-order chi connectivity index (χ1) is 11.1. The molecule has 0 amide bonds. The molecule has 0 unspecified atom stereocenters. The molecule has 5 heteroatoms. The fraction of sp³-hybridized carbons (Fsp3) is 0.167. The van der Waals surface area contributed by atoms with E-state index in [4.69, 9.17) is 5.11 Å². The molecule has 0 aliphatic heterocycles. The summed E-state index contributed by atoms with van der Waals surface area (Å²) >= 11 is 0. The Balaban J connectivity index is 2.03. The number of aryl methyl sites for hydroxylation is 1. The Morgan fingerprint density at radius 1 is 1.17 bits per heavy atom. The zero-order chi connectivity index (χ0) is 16.4. The number of aromatic carboxylic acids is 1.